The molecule has 1 aliphatic rings. The molecule has 6 nitrogen and oxygen atoms in total. The number of hydrogen-bond donors (Lipinski definition) is 0. The largest absolute Gasteiger partial charge is 0.433 e. The normalized spacial score (nSPS) is 17.2. The van der Waals surface area contributed by atoms with Gasteiger partial charge in [-0.15, -0.1) is 11.3 Å². The fraction of sp³-hybridized carbons (Fsp3) is 0.444. The van der Waals surface area contributed by atoms with Crippen molar-refractivity contribution in [2.24, 2.45) is 0 Å². The topological polar surface area (TPSA) is 67.6 Å². The number of piperidine rings is 1. The van der Waals surface area contributed by atoms with Crippen molar-refractivity contribution in [2.45, 2.75) is 31.9 Å². The summed E-state index contributed by atoms with van der Waals surface area (Å²) in [7, 11) is -3.26. The van der Waals surface area contributed by atoms with Gasteiger partial charge in [0.1, 0.15) is 0 Å². The number of hydrogen-bond acceptors (Lipinski definition) is 5. The van der Waals surface area contributed by atoms with Crippen LogP contribution in [0.25, 0.3) is 16.2 Å². The lowest BCUT2D eigenvalue weighted by Crippen LogP contribution is -2.38. The predicted molar refractivity (Wildman–Crippen MR) is 104 cm³/mol. The molecule has 29 heavy (non-hydrogen) atoms. The average Bonchev–Trinajstić information content (AvgIpc) is 3.36. The Kier molecular flexibility index (Phi) is 5.16. The van der Waals surface area contributed by atoms with Crippen LogP contribution in [0.2, 0.25) is 0 Å². The number of thiophene rings is 1. The summed E-state index contributed by atoms with van der Waals surface area (Å²) in [6.45, 7) is 2.28. The molecule has 0 atom stereocenters. The van der Waals surface area contributed by atoms with Crippen LogP contribution in [0.3, 0.4) is 0 Å². The van der Waals surface area contributed by atoms with Crippen LogP contribution in [-0.4, -0.2) is 46.2 Å². The van der Waals surface area contributed by atoms with Crippen molar-refractivity contribution in [1.82, 2.24) is 18.9 Å². The molecule has 1 saturated heterocycles. The maximum Gasteiger partial charge on any atom is 0.433 e. The molecule has 0 bridgehead atoms. The molecule has 1 fully saturated rings. The maximum atomic E-state index is 13.7. The van der Waals surface area contributed by atoms with Gasteiger partial charge in [-0.1, -0.05) is 6.07 Å². The summed E-state index contributed by atoms with van der Waals surface area (Å²) in [5.74, 6) is -0.0672. The minimum atomic E-state index is -4.57. The summed E-state index contributed by atoms with van der Waals surface area (Å²) in [6.07, 6.45) is -3.54. The first kappa shape index (κ1) is 20.3. The Morgan fingerprint density at radius 3 is 2.55 bits per heavy atom. The number of nitrogens with zero attached hydrogens (tertiary/aromatic N) is 4. The van der Waals surface area contributed by atoms with E-state index in [0.717, 1.165) is 10.6 Å². The van der Waals surface area contributed by atoms with Crippen LogP contribution in [0.15, 0.2) is 29.6 Å². The van der Waals surface area contributed by atoms with Crippen molar-refractivity contribution in [1.29, 1.82) is 0 Å². The first-order valence-electron chi connectivity index (χ1n) is 9.18. The number of aromatic nitrogens is 3. The Bertz CT molecular complexity index is 1120. The number of sulfonamides is 1. The number of alkyl halides is 3. The van der Waals surface area contributed by atoms with Crippen LogP contribution in [-0.2, 0) is 16.2 Å². The highest BCUT2D eigenvalue weighted by Gasteiger charge is 2.36. The first-order valence-corrected chi connectivity index (χ1v) is 11.7. The molecule has 156 valence electrons. The van der Waals surface area contributed by atoms with Crippen LogP contribution in [0.1, 0.15) is 37.1 Å². The number of rotatable bonds is 4. The molecule has 0 aromatic carbocycles. The molecule has 1 aliphatic heterocycles. The van der Waals surface area contributed by atoms with Gasteiger partial charge >= 0.3 is 6.18 Å². The Morgan fingerprint density at radius 1 is 1.24 bits per heavy atom. The lowest BCUT2D eigenvalue weighted by atomic mass is 9.95. The molecule has 3 aromatic rings. The number of halogens is 3. The van der Waals surface area contributed by atoms with E-state index in [-0.39, 0.29) is 23.0 Å². The van der Waals surface area contributed by atoms with Crippen molar-refractivity contribution in [3.8, 4) is 10.6 Å². The minimum Gasteiger partial charge on any atom is -0.228 e. The fourth-order valence-electron chi connectivity index (χ4n) is 3.56. The van der Waals surface area contributed by atoms with E-state index in [1.807, 2.05) is 0 Å². The third kappa shape index (κ3) is 3.90. The van der Waals surface area contributed by atoms with E-state index in [1.165, 1.54) is 15.6 Å². The molecular weight excluding hydrogens is 425 g/mol. The van der Waals surface area contributed by atoms with Gasteiger partial charge in [0.25, 0.3) is 0 Å². The van der Waals surface area contributed by atoms with Crippen LogP contribution in [0.4, 0.5) is 13.2 Å². The molecule has 0 N–H and O–H groups in total. The first-order chi connectivity index (χ1) is 13.7. The van der Waals surface area contributed by atoms with E-state index in [0.29, 0.717) is 36.5 Å². The van der Waals surface area contributed by atoms with Gasteiger partial charge in [0, 0.05) is 25.1 Å². The van der Waals surface area contributed by atoms with Crippen molar-refractivity contribution in [2.75, 3.05) is 18.8 Å². The van der Waals surface area contributed by atoms with Gasteiger partial charge in [-0.25, -0.2) is 22.2 Å². The highest BCUT2D eigenvalue weighted by Crippen LogP contribution is 2.35. The minimum absolute atomic E-state index is 0.0381. The second-order valence-corrected chi connectivity index (χ2v) is 10.1. The third-order valence-electron chi connectivity index (χ3n) is 5.14. The van der Waals surface area contributed by atoms with Gasteiger partial charge < -0.3 is 0 Å². The third-order valence-corrected chi connectivity index (χ3v) is 7.91. The molecule has 11 heteroatoms. The Labute approximate surface area is 170 Å². The second-order valence-electron chi connectivity index (χ2n) is 6.91. The smallest absolute Gasteiger partial charge is 0.228 e. The van der Waals surface area contributed by atoms with Crippen molar-refractivity contribution < 1.29 is 21.6 Å². The van der Waals surface area contributed by atoms with Crippen molar-refractivity contribution in [3.63, 3.8) is 0 Å². The lowest BCUT2D eigenvalue weighted by Gasteiger charge is -2.30. The number of fused-ring (bicyclic) bond motifs is 1. The van der Waals surface area contributed by atoms with Crippen LogP contribution < -0.4 is 0 Å². The summed E-state index contributed by atoms with van der Waals surface area (Å²) in [5, 5.41) is 5.99. The van der Waals surface area contributed by atoms with Crippen molar-refractivity contribution in [3.05, 3.63) is 41.0 Å². The van der Waals surface area contributed by atoms with Gasteiger partial charge in [-0.3, -0.25) is 0 Å². The van der Waals surface area contributed by atoms with Gasteiger partial charge in [-0.2, -0.15) is 18.3 Å². The van der Waals surface area contributed by atoms with Crippen LogP contribution in [0, 0.1) is 0 Å². The van der Waals surface area contributed by atoms with Crippen LogP contribution >= 0.6 is 11.3 Å². The van der Waals surface area contributed by atoms with Gasteiger partial charge in [0.05, 0.1) is 22.0 Å². The van der Waals surface area contributed by atoms with E-state index >= 15 is 0 Å². The molecule has 0 aliphatic carbocycles. The molecule has 0 radical (unpaired) electrons. The predicted octanol–water partition coefficient (Wildman–Crippen LogP) is 4.01. The van der Waals surface area contributed by atoms with E-state index < -0.39 is 21.9 Å². The van der Waals surface area contributed by atoms with Gasteiger partial charge in [0.15, 0.2) is 11.3 Å². The summed E-state index contributed by atoms with van der Waals surface area (Å²) in [5.41, 5.74) is 0.0417. The maximum absolute atomic E-state index is 13.7. The molecule has 4 rings (SSSR count). The van der Waals surface area contributed by atoms with Crippen molar-refractivity contribution >= 4 is 27.0 Å². The molecule has 3 aromatic heterocycles. The Balaban J connectivity index is 1.69. The SMILES string of the molecule is CCS(=O)(=O)N1CCC(c2cc3nc(-c4cccs4)cc(C(F)(F)F)n3n2)CC1. The standard InChI is InChI=1S/C18H19F3N4O2S2/c1-2-29(26,27)24-7-5-12(6-8-24)13-11-17-22-14(15-4-3-9-28-15)10-16(18(19,20)21)25(17)23-13/h3-4,9-12H,2,5-8H2,1H3. The Hall–Kier alpha value is -1.98. The highest BCUT2D eigenvalue weighted by molar-refractivity contribution is 7.89. The summed E-state index contributed by atoms with van der Waals surface area (Å²) in [4.78, 5) is 5.03. The molecule has 0 spiro atoms. The Morgan fingerprint density at radius 2 is 1.97 bits per heavy atom. The quantitative estimate of drug-likeness (QED) is 0.610. The van der Waals surface area contributed by atoms with E-state index in [9.17, 15) is 21.6 Å². The highest BCUT2D eigenvalue weighted by atomic mass is 32.2. The lowest BCUT2D eigenvalue weighted by molar-refractivity contribution is -0.142. The zero-order valence-electron chi connectivity index (χ0n) is 15.6. The molecule has 0 saturated carbocycles. The van der Waals surface area contributed by atoms with E-state index in [4.69, 9.17) is 0 Å². The monoisotopic (exact) mass is 444 g/mol. The summed E-state index contributed by atoms with van der Waals surface area (Å²) in [6, 6.07) is 6.09. The molecule has 0 amide bonds. The van der Waals surface area contributed by atoms with E-state index in [2.05, 4.69) is 10.1 Å². The molecule has 4 heterocycles. The van der Waals surface area contributed by atoms with Crippen LogP contribution in [0.5, 0.6) is 0 Å². The second kappa shape index (κ2) is 7.37. The summed E-state index contributed by atoms with van der Waals surface area (Å²) >= 11 is 1.32. The van der Waals surface area contributed by atoms with E-state index in [1.54, 1.807) is 30.5 Å². The zero-order chi connectivity index (χ0) is 20.8. The average molecular weight is 445 g/mol. The molecular formula is C18H19F3N4O2S2. The van der Waals surface area contributed by atoms with Gasteiger partial charge in [-0.05, 0) is 37.3 Å². The summed E-state index contributed by atoms with van der Waals surface area (Å²) < 4.78 is 67.3. The fourth-order valence-corrected chi connectivity index (χ4v) is 5.37. The van der Waals surface area contributed by atoms with Gasteiger partial charge in [0.2, 0.25) is 10.0 Å². The zero-order valence-corrected chi connectivity index (χ0v) is 17.2. The molecule has 0 unspecified atom stereocenters.